The SMILES string of the molecule is C=C(CNCC)CSc1nc2ccc(OC)cc2[nH]1. The third-order valence-electron chi connectivity index (χ3n) is 2.71. The molecular formula is C14H19N3OS. The molecule has 0 aliphatic heterocycles. The van der Waals surface area contributed by atoms with E-state index in [1.54, 1.807) is 18.9 Å². The molecule has 2 aromatic rings. The first-order valence-electron chi connectivity index (χ1n) is 6.27. The Morgan fingerprint density at radius 1 is 1.53 bits per heavy atom. The van der Waals surface area contributed by atoms with Crippen molar-refractivity contribution in [1.29, 1.82) is 0 Å². The zero-order valence-electron chi connectivity index (χ0n) is 11.3. The zero-order valence-corrected chi connectivity index (χ0v) is 12.1. The van der Waals surface area contributed by atoms with E-state index in [4.69, 9.17) is 4.74 Å². The lowest BCUT2D eigenvalue weighted by atomic mass is 10.3. The lowest BCUT2D eigenvalue weighted by Gasteiger charge is -2.03. The van der Waals surface area contributed by atoms with Gasteiger partial charge in [-0.15, -0.1) is 0 Å². The molecule has 19 heavy (non-hydrogen) atoms. The first kappa shape index (κ1) is 14.0. The number of thioether (sulfide) groups is 1. The molecule has 102 valence electrons. The molecule has 0 bridgehead atoms. The van der Waals surface area contributed by atoms with Gasteiger partial charge in [-0.3, -0.25) is 0 Å². The van der Waals surface area contributed by atoms with E-state index in [0.717, 1.165) is 40.8 Å². The molecule has 0 unspecified atom stereocenters. The summed E-state index contributed by atoms with van der Waals surface area (Å²) in [6.07, 6.45) is 0. The number of aromatic amines is 1. The Morgan fingerprint density at radius 2 is 2.37 bits per heavy atom. The number of likely N-dealkylation sites (N-methyl/N-ethyl adjacent to an activating group) is 1. The molecule has 2 rings (SSSR count). The average molecular weight is 277 g/mol. The lowest BCUT2D eigenvalue weighted by molar-refractivity contribution is 0.415. The summed E-state index contributed by atoms with van der Waals surface area (Å²) in [6.45, 7) is 7.96. The number of methoxy groups -OCH3 is 1. The molecule has 0 spiro atoms. The van der Waals surface area contributed by atoms with Gasteiger partial charge in [-0.1, -0.05) is 30.8 Å². The molecule has 0 fully saturated rings. The highest BCUT2D eigenvalue weighted by Crippen LogP contribution is 2.23. The van der Waals surface area contributed by atoms with Crippen molar-refractivity contribution >= 4 is 22.8 Å². The second-order valence-corrected chi connectivity index (χ2v) is 5.21. The molecule has 4 nitrogen and oxygen atoms in total. The maximum absolute atomic E-state index is 5.20. The summed E-state index contributed by atoms with van der Waals surface area (Å²) in [5, 5.41) is 4.18. The average Bonchev–Trinajstić information content (AvgIpc) is 2.84. The molecule has 2 N–H and O–H groups in total. The smallest absolute Gasteiger partial charge is 0.166 e. The van der Waals surface area contributed by atoms with Crippen LogP contribution >= 0.6 is 11.8 Å². The second-order valence-electron chi connectivity index (χ2n) is 4.24. The Hall–Kier alpha value is -1.46. The molecule has 0 saturated carbocycles. The first-order valence-corrected chi connectivity index (χ1v) is 7.25. The standard InChI is InChI=1S/C14H19N3OS/c1-4-15-8-10(2)9-19-14-16-12-6-5-11(18-3)7-13(12)17-14/h5-7,15H,2,4,8-9H2,1,3H3,(H,16,17). The van der Waals surface area contributed by atoms with E-state index >= 15 is 0 Å². The monoisotopic (exact) mass is 277 g/mol. The number of ether oxygens (including phenoxy) is 1. The predicted octanol–water partition coefficient (Wildman–Crippen LogP) is 2.83. The predicted molar refractivity (Wildman–Crippen MR) is 81.1 cm³/mol. The summed E-state index contributed by atoms with van der Waals surface area (Å²) in [5.41, 5.74) is 3.13. The third-order valence-corrected chi connectivity index (χ3v) is 3.72. The molecule has 1 aromatic carbocycles. The highest BCUT2D eigenvalue weighted by molar-refractivity contribution is 7.99. The lowest BCUT2D eigenvalue weighted by Crippen LogP contribution is -2.16. The number of fused-ring (bicyclic) bond motifs is 1. The van der Waals surface area contributed by atoms with Gasteiger partial charge in [0.25, 0.3) is 0 Å². The molecule has 0 amide bonds. The molecule has 0 radical (unpaired) electrons. The number of benzene rings is 1. The van der Waals surface area contributed by atoms with Crippen molar-refractivity contribution in [2.24, 2.45) is 0 Å². The third kappa shape index (κ3) is 3.75. The highest BCUT2D eigenvalue weighted by Gasteiger charge is 2.05. The van der Waals surface area contributed by atoms with Crippen molar-refractivity contribution in [3.05, 3.63) is 30.4 Å². The van der Waals surface area contributed by atoms with E-state index in [1.165, 1.54) is 5.57 Å². The summed E-state index contributed by atoms with van der Waals surface area (Å²) in [6, 6.07) is 5.84. The van der Waals surface area contributed by atoms with E-state index in [9.17, 15) is 0 Å². The molecule has 0 saturated heterocycles. The van der Waals surface area contributed by atoms with Crippen molar-refractivity contribution < 1.29 is 4.74 Å². The van der Waals surface area contributed by atoms with Gasteiger partial charge in [-0.05, 0) is 18.7 Å². The molecule has 1 heterocycles. The minimum Gasteiger partial charge on any atom is -0.497 e. The van der Waals surface area contributed by atoms with Crippen LogP contribution in [-0.2, 0) is 0 Å². The Labute approximate surface area is 117 Å². The fourth-order valence-electron chi connectivity index (χ4n) is 1.68. The van der Waals surface area contributed by atoms with Crippen LogP contribution in [0.1, 0.15) is 6.92 Å². The number of hydrogen-bond donors (Lipinski definition) is 2. The van der Waals surface area contributed by atoms with Crippen LogP contribution in [0, 0.1) is 0 Å². The Balaban J connectivity index is 1.99. The molecule has 1 aromatic heterocycles. The molecular weight excluding hydrogens is 258 g/mol. The van der Waals surface area contributed by atoms with Crippen LogP contribution in [0.4, 0.5) is 0 Å². The Kier molecular flexibility index (Phi) is 4.87. The summed E-state index contributed by atoms with van der Waals surface area (Å²) in [4.78, 5) is 7.82. The minimum atomic E-state index is 0.837. The van der Waals surface area contributed by atoms with E-state index in [-0.39, 0.29) is 0 Å². The maximum Gasteiger partial charge on any atom is 0.166 e. The minimum absolute atomic E-state index is 0.837. The van der Waals surface area contributed by atoms with Gasteiger partial charge in [0.05, 0.1) is 18.1 Å². The number of nitrogens with one attached hydrogen (secondary N) is 2. The van der Waals surface area contributed by atoms with Gasteiger partial charge in [-0.2, -0.15) is 0 Å². The van der Waals surface area contributed by atoms with Crippen LogP contribution in [0.5, 0.6) is 5.75 Å². The zero-order chi connectivity index (χ0) is 13.7. The fourth-order valence-corrected chi connectivity index (χ4v) is 2.47. The van der Waals surface area contributed by atoms with Crippen molar-refractivity contribution in [2.45, 2.75) is 12.1 Å². The number of imidazole rings is 1. The number of aromatic nitrogens is 2. The fraction of sp³-hybridized carbons (Fsp3) is 0.357. The summed E-state index contributed by atoms with van der Waals surface area (Å²) in [5.74, 6) is 1.70. The van der Waals surface area contributed by atoms with Gasteiger partial charge >= 0.3 is 0 Å². The number of nitrogens with zero attached hydrogens (tertiary/aromatic N) is 1. The van der Waals surface area contributed by atoms with E-state index in [1.807, 2.05) is 18.2 Å². The van der Waals surface area contributed by atoms with Crippen LogP contribution in [0.15, 0.2) is 35.5 Å². The first-order chi connectivity index (χ1) is 9.22. The van der Waals surface area contributed by atoms with Crippen LogP contribution in [0.2, 0.25) is 0 Å². The van der Waals surface area contributed by atoms with Crippen LogP contribution in [0.25, 0.3) is 11.0 Å². The number of rotatable bonds is 7. The number of hydrogen-bond acceptors (Lipinski definition) is 4. The molecule has 5 heteroatoms. The van der Waals surface area contributed by atoms with Crippen LogP contribution < -0.4 is 10.1 Å². The van der Waals surface area contributed by atoms with Gasteiger partial charge in [-0.25, -0.2) is 4.98 Å². The summed E-state index contributed by atoms with van der Waals surface area (Å²) >= 11 is 1.67. The van der Waals surface area contributed by atoms with Crippen LogP contribution in [-0.4, -0.2) is 35.9 Å². The Bertz CT molecular complexity index is 565. The van der Waals surface area contributed by atoms with E-state index < -0.39 is 0 Å². The quantitative estimate of drug-likeness (QED) is 0.603. The largest absolute Gasteiger partial charge is 0.497 e. The van der Waals surface area contributed by atoms with Crippen molar-refractivity contribution in [1.82, 2.24) is 15.3 Å². The molecule has 0 aliphatic carbocycles. The normalized spacial score (nSPS) is 10.8. The van der Waals surface area contributed by atoms with Gasteiger partial charge in [0.2, 0.25) is 0 Å². The summed E-state index contributed by atoms with van der Waals surface area (Å²) in [7, 11) is 1.66. The molecule has 0 aliphatic rings. The number of H-pyrrole nitrogens is 1. The molecule has 0 atom stereocenters. The van der Waals surface area contributed by atoms with E-state index in [0.29, 0.717) is 0 Å². The van der Waals surface area contributed by atoms with Crippen molar-refractivity contribution in [3.8, 4) is 5.75 Å². The topological polar surface area (TPSA) is 49.9 Å². The van der Waals surface area contributed by atoms with E-state index in [2.05, 4.69) is 28.8 Å². The highest BCUT2D eigenvalue weighted by atomic mass is 32.2. The van der Waals surface area contributed by atoms with Gasteiger partial charge in [0.15, 0.2) is 5.16 Å². The van der Waals surface area contributed by atoms with Gasteiger partial charge < -0.3 is 15.0 Å². The van der Waals surface area contributed by atoms with Gasteiger partial charge in [0, 0.05) is 18.4 Å². The maximum atomic E-state index is 5.20. The van der Waals surface area contributed by atoms with Crippen LogP contribution in [0.3, 0.4) is 0 Å². The summed E-state index contributed by atoms with van der Waals surface area (Å²) < 4.78 is 5.20. The van der Waals surface area contributed by atoms with Crippen molar-refractivity contribution in [2.75, 3.05) is 26.0 Å². The Morgan fingerprint density at radius 3 is 3.11 bits per heavy atom. The van der Waals surface area contributed by atoms with Gasteiger partial charge in [0.1, 0.15) is 5.75 Å². The van der Waals surface area contributed by atoms with Crippen molar-refractivity contribution in [3.63, 3.8) is 0 Å². The second kappa shape index (κ2) is 6.63.